The number of thioether (sulfide) groups is 1. The Kier molecular flexibility index (Phi) is 4.60. The fourth-order valence-electron chi connectivity index (χ4n) is 2.70. The van der Waals surface area contributed by atoms with E-state index in [4.69, 9.17) is 4.74 Å². The molecular formula is C18H17N4O2S2+. The predicted octanol–water partition coefficient (Wildman–Crippen LogP) is 3.15. The molecule has 1 aliphatic heterocycles. The molecule has 1 aliphatic rings. The van der Waals surface area contributed by atoms with Gasteiger partial charge in [0.2, 0.25) is 5.95 Å². The summed E-state index contributed by atoms with van der Waals surface area (Å²) >= 11 is 4.92. The number of nitrogens with zero attached hydrogens (tertiary/aromatic N) is 2. The molecule has 3 aromatic rings. The zero-order valence-corrected chi connectivity index (χ0v) is 15.8. The molecule has 0 aliphatic carbocycles. The van der Waals surface area contributed by atoms with Crippen molar-refractivity contribution in [2.75, 3.05) is 17.2 Å². The summed E-state index contributed by atoms with van der Waals surface area (Å²) in [4.78, 5) is 23.0. The van der Waals surface area contributed by atoms with Crippen molar-refractivity contribution in [3.8, 4) is 0 Å². The first kappa shape index (κ1) is 17.0. The second kappa shape index (κ2) is 7.05. The van der Waals surface area contributed by atoms with Gasteiger partial charge in [-0.2, -0.15) is 0 Å². The van der Waals surface area contributed by atoms with Crippen molar-refractivity contribution in [2.24, 2.45) is 0 Å². The number of fused-ring (bicyclic) bond motifs is 3. The maximum atomic E-state index is 12.0. The lowest BCUT2D eigenvalue weighted by atomic mass is 10.2. The molecule has 0 saturated heterocycles. The molecule has 1 atom stereocenters. The molecule has 8 heteroatoms. The molecule has 0 amide bonds. The molecule has 132 valence electrons. The van der Waals surface area contributed by atoms with Crippen molar-refractivity contribution in [1.29, 1.82) is 0 Å². The number of carbonyl (C=O) groups excluding carboxylic acids is 1. The Morgan fingerprint density at radius 3 is 3.08 bits per heavy atom. The Balaban J connectivity index is 1.66. The maximum Gasteiger partial charge on any atom is 0.339 e. The van der Waals surface area contributed by atoms with E-state index in [1.807, 2.05) is 36.4 Å². The Labute approximate surface area is 160 Å². The highest BCUT2D eigenvalue weighted by molar-refractivity contribution is 8.01. The molecule has 0 radical (unpaired) electrons. The van der Waals surface area contributed by atoms with Crippen LogP contribution in [-0.4, -0.2) is 27.9 Å². The van der Waals surface area contributed by atoms with E-state index < -0.39 is 5.37 Å². The second-order valence-electron chi connectivity index (χ2n) is 5.67. The molecule has 0 bridgehead atoms. The molecule has 2 aromatic carbocycles. The van der Waals surface area contributed by atoms with Gasteiger partial charge in [-0.1, -0.05) is 17.8 Å². The third-order valence-corrected chi connectivity index (χ3v) is 5.35. The van der Waals surface area contributed by atoms with Crippen molar-refractivity contribution >= 4 is 58.6 Å². The molecule has 4 rings (SSSR count). The predicted molar refractivity (Wildman–Crippen MR) is 108 cm³/mol. The van der Waals surface area contributed by atoms with E-state index in [-0.39, 0.29) is 5.97 Å². The van der Waals surface area contributed by atoms with Gasteiger partial charge in [0.25, 0.3) is 0 Å². The van der Waals surface area contributed by atoms with Crippen LogP contribution < -0.4 is 10.6 Å². The van der Waals surface area contributed by atoms with Crippen LogP contribution in [0.4, 0.5) is 17.3 Å². The van der Waals surface area contributed by atoms with E-state index >= 15 is 0 Å². The highest BCUT2D eigenvalue weighted by Gasteiger charge is 2.30. The Morgan fingerprint density at radius 1 is 1.38 bits per heavy atom. The molecule has 26 heavy (non-hydrogen) atoms. The van der Waals surface area contributed by atoms with Crippen LogP contribution in [0.3, 0.4) is 0 Å². The summed E-state index contributed by atoms with van der Waals surface area (Å²) in [5.41, 5.74) is 2.57. The van der Waals surface area contributed by atoms with Crippen LogP contribution in [0.25, 0.3) is 10.9 Å². The summed E-state index contributed by atoms with van der Waals surface area (Å²) in [5, 5.41) is 6.86. The van der Waals surface area contributed by atoms with Gasteiger partial charge in [0, 0.05) is 23.3 Å². The van der Waals surface area contributed by atoms with E-state index in [1.165, 1.54) is 11.8 Å². The van der Waals surface area contributed by atoms with Gasteiger partial charge in [-0.3, -0.25) is 0 Å². The van der Waals surface area contributed by atoms with Crippen molar-refractivity contribution in [3.05, 3.63) is 42.6 Å². The van der Waals surface area contributed by atoms with Gasteiger partial charge in [-0.05, 0) is 43.8 Å². The minimum Gasteiger partial charge on any atom is -0.464 e. The second-order valence-corrected chi connectivity index (χ2v) is 7.37. The minimum absolute atomic E-state index is 0.275. The first-order chi connectivity index (χ1) is 12.6. The quantitative estimate of drug-likeness (QED) is 0.528. The van der Waals surface area contributed by atoms with Crippen LogP contribution >= 0.6 is 11.8 Å². The van der Waals surface area contributed by atoms with Gasteiger partial charge in [-0.25, -0.2) is 14.8 Å². The third kappa shape index (κ3) is 3.30. The summed E-state index contributed by atoms with van der Waals surface area (Å²) in [5.74, 6) is 0.228. The lowest BCUT2D eigenvalue weighted by Gasteiger charge is -2.08. The van der Waals surface area contributed by atoms with Gasteiger partial charge >= 0.3 is 5.97 Å². The zero-order chi connectivity index (χ0) is 18.1. The molecule has 1 aromatic heterocycles. The van der Waals surface area contributed by atoms with Crippen LogP contribution in [0, 0.1) is 0 Å². The number of ether oxygens (including phenoxy) is 1. The maximum absolute atomic E-state index is 12.0. The monoisotopic (exact) mass is 385 g/mol. The smallest absolute Gasteiger partial charge is 0.339 e. The average molecular weight is 385 g/mol. The molecule has 0 saturated carbocycles. The normalized spacial score (nSPS) is 15.4. The zero-order valence-electron chi connectivity index (χ0n) is 13.9. The fraction of sp³-hybridized carbons (Fsp3) is 0.167. The van der Waals surface area contributed by atoms with Gasteiger partial charge < -0.3 is 15.4 Å². The van der Waals surface area contributed by atoms with E-state index in [1.54, 1.807) is 13.1 Å². The van der Waals surface area contributed by atoms with Crippen LogP contribution in [0.15, 0.2) is 52.4 Å². The molecule has 2 heterocycles. The average Bonchev–Trinajstić information content (AvgIpc) is 3.07. The molecule has 0 fully saturated rings. The number of hydrogen-bond donors (Lipinski definition) is 2. The topological polar surface area (TPSA) is 76.1 Å². The number of anilines is 3. The number of aromatic nitrogens is 2. The van der Waals surface area contributed by atoms with Crippen molar-refractivity contribution < 1.29 is 9.53 Å². The van der Waals surface area contributed by atoms with E-state index in [2.05, 4.69) is 33.2 Å². The highest BCUT2D eigenvalue weighted by atomic mass is 32.2. The van der Waals surface area contributed by atoms with E-state index in [9.17, 15) is 4.79 Å². The number of hydrogen-bond acceptors (Lipinski definition) is 7. The van der Waals surface area contributed by atoms with Crippen molar-refractivity contribution in [3.63, 3.8) is 0 Å². The number of esters is 1. The number of benzene rings is 2. The van der Waals surface area contributed by atoms with E-state index in [0.29, 0.717) is 12.6 Å². The summed E-state index contributed by atoms with van der Waals surface area (Å²) in [7, 11) is 0. The summed E-state index contributed by atoms with van der Waals surface area (Å²) in [6.45, 7) is 2.16. The van der Waals surface area contributed by atoms with Crippen LogP contribution in [0.1, 0.15) is 6.92 Å². The van der Waals surface area contributed by atoms with Gasteiger partial charge in [0.1, 0.15) is 0 Å². The summed E-state index contributed by atoms with van der Waals surface area (Å²) in [6.07, 6.45) is 1.78. The molecular weight excluding hydrogens is 368 g/mol. The van der Waals surface area contributed by atoms with E-state index in [0.717, 1.165) is 32.1 Å². The van der Waals surface area contributed by atoms with Crippen LogP contribution in [0.5, 0.6) is 0 Å². The van der Waals surface area contributed by atoms with Gasteiger partial charge in [0.05, 0.1) is 22.7 Å². The standard InChI is InChI=1S/C18H16N4O2S2/c1-2-24-17(23)16-21-13-7-6-10-9-19-18(22-14(10)15(13)26-16)20-11-4-3-5-12(25)8-11/h3-9,16,21,25H,2H2,1H3,(H,19,20,22)/p+1. The van der Waals surface area contributed by atoms with Gasteiger partial charge in [0.15, 0.2) is 10.3 Å². The summed E-state index contributed by atoms with van der Waals surface area (Å²) in [6, 6.07) is 11.7. The first-order valence-electron chi connectivity index (χ1n) is 8.12. The summed E-state index contributed by atoms with van der Waals surface area (Å²) < 4.78 is 5.11. The fourth-order valence-corrected chi connectivity index (χ4v) is 4.07. The van der Waals surface area contributed by atoms with Crippen molar-refractivity contribution in [1.82, 2.24) is 9.97 Å². The SMILES string of the molecule is CCOC(=O)C1Nc2ccc3cnc(Nc4cccc([SH2+])c4)nc3c2S1. The highest BCUT2D eigenvalue weighted by Crippen LogP contribution is 2.43. The molecule has 0 spiro atoms. The largest absolute Gasteiger partial charge is 0.464 e. The van der Waals surface area contributed by atoms with Gasteiger partial charge in [-0.15, -0.1) is 0 Å². The Bertz CT molecular complexity index is 996. The molecule has 6 nitrogen and oxygen atoms in total. The molecule has 1 unspecified atom stereocenters. The number of nitrogens with one attached hydrogen (secondary N) is 2. The lowest BCUT2D eigenvalue weighted by Crippen LogP contribution is -2.24. The number of rotatable bonds is 4. The molecule has 2 N–H and O–H groups in total. The first-order valence-corrected chi connectivity index (χ1v) is 9.50. The Hall–Kier alpha value is -2.45. The third-order valence-electron chi connectivity index (χ3n) is 3.85. The van der Waals surface area contributed by atoms with Crippen LogP contribution in [-0.2, 0) is 22.2 Å². The minimum atomic E-state index is -0.452. The Morgan fingerprint density at radius 2 is 2.27 bits per heavy atom. The number of carbonyl (C=O) groups is 1. The van der Waals surface area contributed by atoms with Crippen LogP contribution in [0.2, 0.25) is 0 Å². The van der Waals surface area contributed by atoms with Crippen molar-refractivity contribution in [2.45, 2.75) is 22.1 Å². The lowest BCUT2D eigenvalue weighted by molar-refractivity contribution is -0.141.